The molecule has 228 valence electrons. The molecule has 5 saturated heterocycles. The number of hydrogen-bond acceptors (Lipinski definition) is 10. The van der Waals surface area contributed by atoms with Crippen LogP contribution in [0.1, 0.15) is 60.3 Å². The molecule has 5 aliphatic heterocycles. The highest BCUT2D eigenvalue weighted by Crippen LogP contribution is 2.47. The largest absolute Gasteiger partial charge is 0.343 e. The lowest BCUT2D eigenvalue weighted by atomic mass is 9.89. The van der Waals surface area contributed by atoms with Crippen molar-refractivity contribution >= 4 is 17.7 Å². The smallest absolute Gasteiger partial charge is 0.312 e. The van der Waals surface area contributed by atoms with E-state index in [0.717, 1.165) is 6.42 Å². The molecule has 0 saturated carbocycles. The van der Waals surface area contributed by atoms with E-state index in [9.17, 15) is 19.6 Å². The quantitative estimate of drug-likeness (QED) is 0.454. The van der Waals surface area contributed by atoms with Crippen molar-refractivity contribution in [1.82, 2.24) is 20.0 Å². The maximum atomic E-state index is 13.3. The van der Waals surface area contributed by atoms with Crippen LogP contribution in [0.3, 0.4) is 0 Å². The van der Waals surface area contributed by atoms with Crippen molar-refractivity contribution in [2.24, 2.45) is 0 Å². The molecule has 5 aliphatic rings. The molecule has 4 unspecified atom stereocenters. The zero-order valence-electron chi connectivity index (χ0n) is 24.9. The Morgan fingerprint density at radius 2 is 1.73 bits per heavy atom. The van der Waals surface area contributed by atoms with E-state index in [4.69, 9.17) is 23.7 Å². The summed E-state index contributed by atoms with van der Waals surface area (Å²) in [5.41, 5.74) is -0.361. The van der Waals surface area contributed by atoms with Crippen LogP contribution < -0.4 is 5.32 Å². The highest BCUT2D eigenvalue weighted by Gasteiger charge is 2.65. The summed E-state index contributed by atoms with van der Waals surface area (Å²) in [5, 5.41) is 12.6. The number of hydrogen-bond donors (Lipinski definition) is 1. The molecule has 5 fully saturated rings. The fourth-order valence-electron chi connectivity index (χ4n) is 6.63. The third kappa shape index (κ3) is 5.96. The summed E-state index contributed by atoms with van der Waals surface area (Å²) in [6.07, 6.45) is 1.28. The van der Waals surface area contributed by atoms with Crippen molar-refractivity contribution in [2.75, 3.05) is 46.4 Å². The van der Waals surface area contributed by atoms with Crippen LogP contribution >= 0.6 is 0 Å². The maximum Gasteiger partial charge on any atom is 0.312 e. The first-order chi connectivity index (χ1) is 19.2. The van der Waals surface area contributed by atoms with Gasteiger partial charge in [0.15, 0.2) is 11.6 Å². The Kier molecular flexibility index (Phi) is 7.89. The van der Waals surface area contributed by atoms with Crippen LogP contribution in [0.4, 0.5) is 0 Å². The molecule has 1 N–H and O–H groups in total. The third-order valence-corrected chi connectivity index (χ3v) is 8.80. The summed E-state index contributed by atoms with van der Waals surface area (Å²) in [6.45, 7) is 10.9. The summed E-state index contributed by atoms with van der Waals surface area (Å²) in [7, 11) is 1.56. The average Bonchev–Trinajstić information content (AvgIpc) is 3.58. The average molecular weight is 578 g/mol. The van der Waals surface area contributed by atoms with Gasteiger partial charge in [0.2, 0.25) is 11.7 Å². The molecule has 0 bridgehead atoms. The molecule has 13 nitrogen and oxygen atoms in total. The van der Waals surface area contributed by atoms with Crippen molar-refractivity contribution < 1.29 is 38.1 Å². The molecule has 0 radical (unpaired) electrons. The monoisotopic (exact) mass is 577 g/mol. The predicted molar refractivity (Wildman–Crippen MR) is 143 cm³/mol. The Bertz CT molecular complexity index is 1100. The van der Waals surface area contributed by atoms with Crippen molar-refractivity contribution in [3.8, 4) is 6.07 Å². The van der Waals surface area contributed by atoms with E-state index in [2.05, 4.69) is 11.4 Å². The van der Waals surface area contributed by atoms with E-state index in [1.807, 2.05) is 20.8 Å². The van der Waals surface area contributed by atoms with Gasteiger partial charge in [-0.3, -0.25) is 14.4 Å². The van der Waals surface area contributed by atoms with Gasteiger partial charge in [0.25, 0.3) is 0 Å². The summed E-state index contributed by atoms with van der Waals surface area (Å²) >= 11 is 0. The van der Waals surface area contributed by atoms with E-state index in [1.165, 1.54) is 4.90 Å². The zero-order chi connectivity index (χ0) is 29.8. The number of rotatable bonds is 5. The second-order valence-electron chi connectivity index (χ2n) is 13.0. The van der Waals surface area contributed by atoms with Crippen molar-refractivity contribution in [3.05, 3.63) is 0 Å². The van der Waals surface area contributed by atoms with Gasteiger partial charge in [-0.1, -0.05) is 0 Å². The lowest BCUT2D eigenvalue weighted by Gasteiger charge is -2.43. The molecule has 5 rings (SSSR count). The van der Waals surface area contributed by atoms with Gasteiger partial charge in [-0.25, -0.2) is 0 Å². The standard InChI is InChI=1S/C28H43N5O8/c1-25(2)38-19-16-37-28(22(21(19)39-25)40-26(3,4)41-28)17-31(6)23(35)24(36)32-12-9-27(5,10-13-32)30-15-20(34)33-11-7-8-18(33)14-29/h18-19,21-22,30H,7-13,15-17H2,1-6H3/t18-,19?,21?,22?,28?/m0/s1. The second-order valence-corrected chi connectivity index (χ2v) is 13.0. The molecule has 3 amide bonds. The SMILES string of the molecule is CN(CC12OCC3OC(C)(C)OC3C1OC(C)(C)O2)C(=O)C(=O)N1CCC(C)(NCC(=O)N2CCC[C@H]2C#N)CC1. The zero-order valence-corrected chi connectivity index (χ0v) is 24.9. The highest BCUT2D eigenvalue weighted by atomic mass is 16.9. The number of nitriles is 1. The number of fused-ring (bicyclic) bond motifs is 3. The summed E-state index contributed by atoms with van der Waals surface area (Å²) in [5.74, 6) is -4.44. The highest BCUT2D eigenvalue weighted by molar-refractivity contribution is 6.34. The molecule has 0 aromatic carbocycles. The lowest BCUT2D eigenvalue weighted by Crippen LogP contribution is -2.63. The van der Waals surface area contributed by atoms with Crippen LogP contribution in [-0.2, 0) is 38.1 Å². The van der Waals surface area contributed by atoms with Gasteiger partial charge >= 0.3 is 11.8 Å². The minimum Gasteiger partial charge on any atom is -0.343 e. The van der Waals surface area contributed by atoms with Gasteiger partial charge in [0.1, 0.15) is 24.4 Å². The third-order valence-electron chi connectivity index (χ3n) is 8.80. The maximum absolute atomic E-state index is 13.3. The number of piperidine rings is 1. The van der Waals surface area contributed by atoms with Crippen molar-refractivity contribution in [2.45, 2.75) is 108 Å². The van der Waals surface area contributed by atoms with Crippen LogP contribution in [0.5, 0.6) is 0 Å². The summed E-state index contributed by atoms with van der Waals surface area (Å²) in [6, 6.07) is 1.84. The van der Waals surface area contributed by atoms with Crippen LogP contribution in [0.15, 0.2) is 0 Å². The van der Waals surface area contributed by atoms with Crippen molar-refractivity contribution in [1.29, 1.82) is 5.26 Å². The molecule has 0 aromatic heterocycles. The molecule has 0 spiro atoms. The van der Waals surface area contributed by atoms with E-state index >= 15 is 0 Å². The Balaban J connectivity index is 1.16. The van der Waals surface area contributed by atoms with Crippen LogP contribution in [0.25, 0.3) is 0 Å². The van der Waals surface area contributed by atoms with Crippen LogP contribution in [-0.4, -0.2) is 126 Å². The molecule has 13 heteroatoms. The minimum absolute atomic E-state index is 0.0197. The molecule has 0 aliphatic carbocycles. The first kappa shape index (κ1) is 30.1. The Morgan fingerprint density at radius 1 is 1.02 bits per heavy atom. The van der Waals surface area contributed by atoms with Gasteiger partial charge in [-0.15, -0.1) is 0 Å². The Morgan fingerprint density at radius 3 is 2.41 bits per heavy atom. The van der Waals surface area contributed by atoms with E-state index in [0.29, 0.717) is 38.9 Å². The first-order valence-corrected chi connectivity index (χ1v) is 14.5. The van der Waals surface area contributed by atoms with E-state index in [1.54, 1.807) is 30.7 Å². The van der Waals surface area contributed by atoms with Gasteiger partial charge in [0, 0.05) is 32.2 Å². The molecule has 5 heterocycles. The van der Waals surface area contributed by atoms with Gasteiger partial charge in [-0.2, -0.15) is 5.26 Å². The number of carbonyl (C=O) groups is 3. The Hall–Kier alpha value is -2.34. The number of nitrogens with one attached hydrogen (secondary N) is 1. The Labute approximate surface area is 241 Å². The summed E-state index contributed by atoms with van der Waals surface area (Å²) in [4.78, 5) is 43.7. The fraction of sp³-hybridized carbons (Fsp3) is 0.857. The number of likely N-dealkylation sites (N-methyl/N-ethyl adjacent to an activating group) is 1. The number of ether oxygens (including phenoxy) is 5. The first-order valence-electron chi connectivity index (χ1n) is 14.5. The van der Waals surface area contributed by atoms with Crippen LogP contribution in [0, 0.1) is 11.3 Å². The molecule has 5 atom stereocenters. The van der Waals surface area contributed by atoms with Crippen LogP contribution in [0.2, 0.25) is 0 Å². The summed E-state index contributed by atoms with van der Waals surface area (Å²) < 4.78 is 30.7. The number of nitrogens with zero attached hydrogens (tertiary/aromatic N) is 4. The van der Waals surface area contributed by atoms with E-state index in [-0.39, 0.29) is 43.3 Å². The second kappa shape index (κ2) is 10.7. The number of amides is 3. The van der Waals surface area contributed by atoms with Gasteiger partial charge in [-0.05, 0) is 60.3 Å². The normalized spacial score (nSPS) is 35.0. The van der Waals surface area contributed by atoms with Gasteiger partial charge in [0.05, 0.1) is 25.8 Å². The fourth-order valence-corrected chi connectivity index (χ4v) is 6.63. The molecular formula is C28H43N5O8. The number of likely N-dealkylation sites (tertiary alicyclic amines) is 2. The predicted octanol–water partition coefficient (Wildman–Crippen LogP) is 0.328. The lowest BCUT2D eigenvalue weighted by molar-refractivity contribution is -0.284. The molecule has 41 heavy (non-hydrogen) atoms. The van der Waals surface area contributed by atoms with E-state index < -0.39 is 41.4 Å². The van der Waals surface area contributed by atoms with Gasteiger partial charge < -0.3 is 43.7 Å². The molecular weight excluding hydrogens is 534 g/mol. The topological polar surface area (TPSA) is 143 Å². The number of carbonyl (C=O) groups excluding carboxylic acids is 3. The van der Waals surface area contributed by atoms with Crippen molar-refractivity contribution in [3.63, 3.8) is 0 Å². The minimum atomic E-state index is -1.31. The molecule has 0 aromatic rings.